The standard InChI is InChI=1S/C23H26N2O2/c1-4-24(5-2)19-14-12-18(13-15-19)16-21-22(27-6-3)17-25(23(21)26)20-10-8-7-9-11-20/h7-17H,4-6H2,1-3H3. The molecule has 0 aliphatic carbocycles. The fourth-order valence-electron chi connectivity index (χ4n) is 3.20. The molecule has 4 nitrogen and oxygen atoms in total. The third-order valence-corrected chi connectivity index (χ3v) is 4.63. The van der Waals surface area contributed by atoms with E-state index in [2.05, 4.69) is 30.9 Å². The van der Waals surface area contributed by atoms with Crippen molar-refractivity contribution >= 4 is 23.4 Å². The van der Waals surface area contributed by atoms with E-state index in [-0.39, 0.29) is 5.91 Å². The highest BCUT2D eigenvalue weighted by molar-refractivity contribution is 6.15. The minimum atomic E-state index is -0.0718. The van der Waals surface area contributed by atoms with Crippen LogP contribution in [-0.2, 0) is 9.53 Å². The molecule has 1 aliphatic rings. The number of carbonyl (C=O) groups is 1. The van der Waals surface area contributed by atoms with Gasteiger partial charge < -0.3 is 9.64 Å². The van der Waals surface area contributed by atoms with E-state index in [1.54, 1.807) is 11.1 Å². The van der Waals surface area contributed by atoms with Gasteiger partial charge in [0.1, 0.15) is 5.76 Å². The van der Waals surface area contributed by atoms with Crippen molar-refractivity contribution in [3.05, 3.63) is 77.7 Å². The molecule has 0 fully saturated rings. The van der Waals surface area contributed by atoms with Crippen LogP contribution in [0.3, 0.4) is 0 Å². The highest BCUT2D eigenvalue weighted by atomic mass is 16.5. The maximum atomic E-state index is 13.0. The molecule has 0 N–H and O–H groups in total. The summed E-state index contributed by atoms with van der Waals surface area (Å²) in [7, 11) is 0. The van der Waals surface area contributed by atoms with Crippen molar-refractivity contribution in [1.82, 2.24) is 0 Å². The van der Waals surface area contributed by atoms with E-state index in [9.17, 15) is 4.79 Å². The highest BCUT2D eigenvalue weighted by Crippen LogP contribution is 2.30. The number of para-hydroxylation sites is 1. The first-order valence-corrected chi connectivity index (χ1v) is 9.48. The lowest BCUT2D eigenvalue weighted by Gasteiger charge is -2.20. The van der Waals surface area contributed by atoms with Gasteiger partial charge in [-0.3, -0.25) is 9.69 Å². The first kappa shape index (κ1) is 18.8. The van der Waals surface area contributed by atoms with Gasteiger partial charge in [-0.1, -0.05) is 30.3 Å². The van der Waals surface area contributed by atoms with Crippen molar-refractivity contribution < 1.29 is 9.53 Å². The zero-order valence-electron chi connectivity index (χ0n) is 16.2. The molecular weight excluding hydrogens is 336 g/mol. The second kappa shape index (κ2) is 8.58. The third-order valence-electron chi connectivity index (χ3n) is 4.63. The second-order valence-corrected chi connectivity index (χ2v) is 6.26. The molecule has 2 aromatic carbocycles. The SMILES string of the molecule is CCOC1=CN(c2ccccc2)C(=O)C1=Cc1ccc(N(CC)CC)cc1. The van der Waals surface area contributed by atoms with Crippen molar-refractivity contribution in [2.45, 2.75) is 20.8 Å². The van der Waals surface area contributed by atoms with Crippen molar-refractivity contribution in [1.29, 1.82) is 0 Å². The van der Waals surface area contributed by atoms with Crippen LogP contribution in [0.4, 0.5) is 11.4 Å². The molecule has 1 aliphatic heterocycles. The van der Waals surface area contributed by atoms with Gasteiger partial charge in [0.05, 0.1) is 18.4 Å². The first-order chi connectivity index (χ1) is 13.2. The fraction of sp³-hybridized carbons (Fsp3) is 0.261. The van der Waals surface area contributed by atoms with E-state index in [1.807, 2.05) is 55.5 Å². The molecule has 0 saturated heterocycles. The van der Waals surface area contributed by atoms with Crippen LogP contribution in [-0.4, -0.2) is 25.6 Å². The van der Waals surface area contributed by atoms with Gasteiger partial charge >= 0.3 is 0 Å². The lowest BCUT2D eigenvalue weighted by Crippen LogP contribution is -2.21. The Balaban J connectivity index is 1.90. The van der Waals surface area contributed by atoms with Gasteiger partial charge in [-0.2, -0.15) is 0 Å². The number of amides is 1. The molecule has 0 spiro atoms. The Bertz CT molecular complexity index is 834. The average molecular weight is 362 g/mol. The number of hydrogen-bond donors (Lipinski definition) is 0. The van der Waals surface area contributed by atoms with Crippen molar-refractivity contribution in [2.75, 3.05) is 29.5 Å². The molecule has 2 aromatic rings. The van der Waals surface area contributed by atoms with Crippen LogP contribution in [0.2, 0.25) is 0 Å². The number of ether oxygens (including phenoxy) is 1. The van der Waals surface area contributed by atoms with Gasteiger partial charge in [0.15, 0.2) is 0 Å². The smallest absolute Gasteiger partial charge is 0.266 e. The lowest BCUT2D eigenvalue weighted by molar-refractivity contribution is -0.114. The molecule has 3 rings (SSSR count). The van der Waals surface area contributed by atoms with Crippen LogP contribution in [0.15, 0.2) is 72.1 Å². The number of rotatable bonds is 7. The van der Waals surface area contributed by atoms with E-state index < -0.39 is 0 Å². The minimum absolute atomic E-state index is 0.0718. The summed E-state index contributed by atoms with van der Waals surface area (Å²) in [6.45, 7) is 8.67. The van der Waals surface area contributed by atoms with Crippen LogP contribution >= 0.6 is 0 Å². The number of benzene rings is 2. The fourth-order valence-corrected chi connectivity index (χ4v) is 3.20. The van der Waals surface area contributed by atoms with Crippen LogP contribution < -0.4 is 9.80 Å². The average Bonchev–Trinajstić information content (AvgIpc) is 3.01. The van der Waals surface area contributed by atoms with Gasteiger partial charge in [0, 0.05) is 24.5 Å². The molecule has 1 heterocycles. The van der Waals surface area contributed by atoms with Gasteiger partial charge in [0.2, 0.25) is 0 Å². The Kier molecular flexibility index (Phi) is 5.97. The predicted octanol–water partition coefficient (Wildman–Crippen LogP) is 4.84. The topological polar surface area (TPSA) is 32.8 Å². The van der Waals surface area contributed by atoms with Crippen molar-refractivity contribution in [3.63, 3.8) is 0 Å². The Hall–Kier alpha value is -3.01. The zero-order valence-corrected chi connectivity index (χ0v) is 16.2. The Labute approximate surface area is 161 Å². The van der Waals surface area contributed by atoms with Crippen LogP contribution in [0, 0.1) is 0 Å². The molecule has 0 atom stereocenters. The number of anilines is 2. The summed E-state index contributed by atoms with van der Waals surface area (Å²) >= 11 is 0. The summed E-state index contributed by atoms with van der Waals surface area (Å²) in [5.74, 6) is 0.539. The first-order valence-electron chi connectivity index (χ1n) is 9.48. The third kappa shape index (κ3) is 4.05. The lowest BCUT2D eigenvalue weighted by atomic mass is 10.1. The minimum Gasteiger partial charge on any atom is -0.491 e. The normalized spacial score (nSPS) is 15.2. The summed E-state index contributed by atoms with van der Waals surface area (Å²) in [5.41, 5.74) is 3.58. The Morgan fingerprint density at radius 2 is 1.63 bits per heavy atom. The van der Waals surface area contributed by atoms with Crippen molar-refractivity contribution in [3.8, 4) is 0 Å². The quantitative estimate of drug-likeness (QED) is 0.661. The van der Waals surface area contributed by atoms with E-state index >= 15 is 0 Å². The maximum absolute atomic E-state index is 13.0. The maximum Gasteiger partial charge on any atom is 0.266 e. The van der Waals surface area contributed by atoms with E-state index in [1.165, 1.54) is 5.69 Å². The molecule has 0 saturated carbocycles. The predicted molar refractivity (Wildman–Crippen MR) is 112 cm³/mol. The largest absolute Gasteiger partial charge is 0.491 e. The number of hydrogen-bond acceptors (Lipinski definition) is 3. The molecule has 27 heavy (non-hydrogen) atoms. The Morgan fingerprint density at radius 1 is 0.963 bits per heavy atom. The molecule has 1 amide bonds. The molecule has 0 aromatic heterocycles. The highest BCUT2D eigenvalue weighted by Gasteiger charge is 2.30. The van der Waals surface area contributed by atoms with Crippen LogP contribution in [0.5, 0.6) is 0 Å². The molecule has 4 heteroatoms. The van der Waals surface area contributed by atoms with E-state index in [4.69, 9.17) is 4.74 Å². The van der Waals surface area contributed by atoms with Crippen molar-refractivity contribution in [2.24, 2.45) is 0 Å². The summed E-state index contributed by atoms with van der Waals surface area (Å²) in [4.78, 5) is 16.9. The van der Waals surface area contributed by atoms with Crippen LogP contribution in [0.1, 0.15) is 26.3 Å². The summed E-state index contributed by atoms with van der Waals surface area (Å²) in [6.07, 6.45) is 3.68. The van der Waals surface area contributed by atoms with E-state index in [0.29, 0.717) is 17.9 Å². The summed E-state index contributed by atoms with van der Waals surface area (Å²) in [6, 6.07) is 17.9. The Morgan fingerprint density at radius 3 is 2.22 bits per heavy atom. The number of carbonyl (C=O) groups excluding carboxylic acids is 1. The molecule has 0 radical (unpaired) electrons. The van der Waals surface area contributed by atoms with Gasteiger partial charge in [-0.05, 0) is 56.7 Å². The van der Waals surface area contributed by atoms with Gasteiger partial charge in [-0.15, -0.1) is 0 Å². The monoisotopic (exact) mass is 362 g/mol. The molecular formula is C23H26N2O2. The number of nitrogens with zero attached hydrogens (tertiary/aromatic N) is 2. The molecule has 0 bridgehead atoms. The summed E-state index contributed by atoms with van der Waals surface area (Å²) < 4.78 is 5.73. The molecule has 0 unspecified atom stereocenters. The van der Waals surface area contributed by atoms with Crippen LogP contribution in [0.25, 0.3) is 6.08 Å². The van der Waals surface area contributed by atoms with Gasteiger partial charge in [0.25, 0.3) is 5.91 Å². The van der Waals surface area contributed by atoms with E-state index in [0.717, 1.165) is 24.3 Å². The zero-order chi connectivity index (χ0) is 19.2. The van der Waals surface area contributed by atoms with Gasteiger partial charge in [-0.25, -0.2) is 0 Å². The molecule has 140 valence electrons. The summed E-state index contributed by atoms with van der Waals surface area (Å²) in [5, 5.41) is 0. The second-order valence-electron chi connectivity index (χ2n) is 6.26.